The first-order valence-electron chi connectivity index (χ1n) is 9.85. The Hall–Kier alpha value is -1.42. The predicted octanol–water partition coefficient (Wildman–Crippen LogP) is 4.97. The van der Waals surface area contributed by atoms with Gasteiger partial charge in [0.2, 0.25) is 0 Å². The van der Waals surface area contributed by atoms with Gasteiger partial charge in [0.25, 0.3) is 0 Å². The van der Waals surface area contributed by atoms with Crippen molar-refractivity contribution in [1.29, 1.82) is 0 Å². The molecule has 1 aliphatic heterocycles. The molecule has 1 atom stereocenters. The smallest absolute Gasteiger partial charge is 0.191 e. The van der Waals surface area contributed by atoms with E-state index in [1.807, 2.05) is 13.8 Å². The van der Waals surface area contributed by atoms with Crippen LogP contribution in [0, 0.1) is 11.6 Å². The zero-order valence-electron chi connectivity index (χ0n) is 16.8. The first-order chi connectivity index (χ1) is 13.6. The summed E-state index contributed by atoms with van der Waals surface area (Å²) in [6, 6.07) is 8.70. The maximum Gasteiger partial charge on any atom is 0.191 e. The van der Waals surface area contributed by atoms with E-state index in [2.05, 4.69) is 38.0 Å². The molecule has 0 amide bonds. The lowest BCUT2D eigenvalue weighted by Gasteiger charge is -2.33. The van der Waals surface area contributed by atoms with Gasteiger partial charge >= 0.3 is 0 Å². The van der Waals surface area contributed by atoms with Crippen molar-refractivity contribution in [3.63, 3.8) is 0 Å². The Balaban J connectivity index is 0.00000300. The molecule has 0 aliphatic carbocycles. The van der Waals surface area contributed by atoms with Crippen LogP contribution in [0.1, 0.15) is 38.2 Å². The summed E-state index contributed by atoms with van der Waals surface area (Å²) in [6.45, 7) is 7.36. The number of halogens is 3. The van der Waals surface area contributed by atoms with Gasteiger partial charge in [-0.25, -0.2) is 8.78 Å². The third kappa shape index (κ3) is 6.80. The molecule has 160 valence electrons. The topological polar surface area (TPSA) is 39.7 Å². The van der Waals surface area contributed by atoms with Crippen molar-refractivity contribution < 1.29 is 8.78 Å². The van der Waals surface area contributed by atoms with Gasteiger partial charge in [0.1, 0.15) is 0 Å². The van der Waals surface area contributed by atoms with Crippen molar-refractivity contribution in [2.75, 3.05) is 31.1 Å². The lowest BCUT2D eigenvalue weighted by atomic mass is 10.0. The number of anilines is 1. The van der Waals surface area contributed by atoms with Crippen LogP contribution >= 0.6 is 35.3 Å². The fraction of sp³-hybridized carbons (Fsp3) is 0.476. The molecule has 1 unspecified atom stereocenters. The quantitative estimate of drug-likeness (QED) is 0.313. The number of aliphatic imine (C=N–C) groups is 1. The lowest BCUT2D eigenvalue weighted by Crippen LogP contribution is -2.48. The zero-order chi connectivity index (χ0) is 19.9. The highest BCUT2D eigenvalue weighted by atomic mass is 127. The second-order valence-corrected chi connectivity index (χ2v) is 8.08. The van der Waals surface area contributed by atoms with Crippen LogP contribution < -0.4 is 15.5 Å². The molecule has 1 fully saturated rings. The van der Waals surface area contributed by atoms with Crippen LogP contribution in [0.3, 0.4) is 0 Å². The minimum atomic E-state index is -0.816. The van der Waals surface area contributed by atoms with Crippen molar-refractivity contribution >= 4 is 46.3 Å². The minimum Gasteiger partial charge on any atom is -0.363 e. The molecule has 1 aliphatic rings. The number of nitrogens with one attached hydrogen (secondary N) is 2. The van der Waals surface area contributed by atoms with Gasteiger partial charge < -0.3 is 15.5 Å². The number of hydrogen-bond donors (Lipinski definition) is 2. The molecular formula is C21H29F2IN4S. The van der Waals surface area contributed by atoms with Crippen LogP contribution in [0.4, 0.5) is 13.8 Å². The minimum absolute atomic E-state index is 0. The normalized spacial score (nSPS) is 16.3. The van der Waals surface area contributed by atoms with Crippen LogP contribution in [0.5, 0.6) is 0 Å². The number of piperidine rings is 1. The molecule has 0 saturated carbocycles. The van der Waals surface area contributed by atoms with E-state index in [0.29, 0.717) is 12.6 Å². The second kappa shape index (κ2) is 11.7. The number of guanidine groups is 1. The van der Waals surface area contributed by atoms with E-state index in [9.17, 15) is 8.78 Å². The largest absolute Gasteiger partial charge is 0.363 e. The molecule has 2 heterocycles. The average molecular weight is 534 g/mol. The molecule has 1 aromatic carbocycles. The first kappa shape index (κ1) is 23.9. The third-order valence-corrected chi connectivity index (χ3v) is 5.96. The van der Waals surface area contributed by atoms with E-state index in [0.717, 1.165) is 44.0 Å². The molecule has 0 spiro atoms. The molecule has 4 nitrogen and oxygen atoms in total. The molecule has 1 aromatic heterocycles. The molecule has 3 rings (SSSR count). The Bertz CT molecular complexity index is 777. The number of rotatable bonds is 6. The van der Waals surface area contributed by atoms with Crippen LogP contribution in [0.2, 0.25) is 0 Å². The fourth-order valence-electron chi connectivity index (χ4n) is 3.36. The lowest BCUT2D eigenvalue weighted by molar-refractivity contribution is 0.462. The highest BCUT2D eigenvalue weighted by molar-refractivity contribution is 14.0. The summed E-state index contributed by atoms with van der Waals surface area (Å²) in [5, 5.41) is 10.3. The Morgan fingerprint density at radius 2 is 2.00 bits per heavy atom. The van der Waals surface area contributed by atoms with E-state index in [4.69, 9.17) is 0 Å². The Morgan fingerprint density at radius 3 is 2.62 bits per heavy atom. The fourth-order valence-corrected chi connectivity index (χ4v) is 4.15. The summed E-state index contributed by atoms with van der Waals surface area (Å²) < 4.78 is 26.6. The van der Waals surface area contributed by atoms with Crippen LogP contribution in [-0.4, -0.2) is 38.2 Å². The number of benzene rings is 1. The summed E-state index contributed by atoms with van der Waals surface area (Å²) in [7, 11) is 0. The van der Waals surface area contributed by atoms with Gasteiger partial charge in [-0.05, 0) is 55.0 Å². The van der Waals surface area contributed by atoms with Gasteiger partial charge in [0.15, 0.2) is 17.6 Å². The number of hydrogen-bond acceptors (Lipinski definition) is 3. The number of thiophene rings is 1. The molecule has 0 radical (unpaired) electrons. The Kier molecular flexibility index (Phi) is 9.61. The van der Waals surface area contributed by atoms with Crippen molar-refractivity contribution in [2.24, 2.45) is 4.99 Å². The van der Waals surface area contributed by atoms with E-state index < -0.39 is 11.6 Å². The van der Waals surface area contributed by atoms with E-state index in [-0.39, 0.29) is 29.9 Å². The molecule has 1 saturated heterocycles. The molecule has 2 aromatic rings. The van der Waals surface area contributed by atoms with Crippen molar-refractivity contribution in [1.82, 2.24) is 10.6 Å². The Morgan fingerprint density at radius 1 is 1.24 bits per heavy atom. The first-order valence-corrected chi connectivity index (χ1v) is 10.7. The highest BCUT2D eigenvalue weighted by Gasteiger charge is 2.20. The van der Waals surface area contributed by atoms with Crippen LogP contribution in [-0.2, 0) is 0 Å². The van der Waals surface area contributed by atoms with E-state index in [1.54, 1.807) is 17.4 Å². The van der Waals surface area contributed by atoms with Crippen molar-refractivity contribution in [2.45, 2.75) is 38.6 Å². The monoisotopic (exact) mass is 534 g/mol. The predicted molar refractivity (Wildman–Crippen MR) is 129 cm³/mol. The van der Waals surface area contributed by atoms with Crippen LogP contribution in [0.15, 0.2) is 40.7 Å². The maximum absolute atomic E-state index is 13.5. The number of nitrogens with zero attached hydrogens (tertiary/aromatic N) is 2. The van der Waals surface area contributed by atoms with Gasteiger partial charge in [0, 0.05) is 38.1 Å². The summed E-state index contributed by atoms with van der Waals surface area (Å²) in [5.41, 5.74) is 0.753. The van der Waals surface area contributed by atoms with Gasteiger partial charge in [-0.1, -0.05) is 13.0 Å². The van der Waals surface area contributed by atoms with E-state index in [1.165, 1.54) is 17.1 Å². The standard InChI is InChI=1S/C21H28F2N4S.HI/c1-3-24-21(25-14-15(2)16-6-7-18(22)19(23)13-16)26-17-8-10-27(11-9-17)20-5-4-12-28-20;/h4-7,12-13,15,17H,3,8-11,14H2,1-2H3,(H2,24,25,26);1H. The zero-order valence-corrected chi connectivity index (χ0v) is 20.0. The molecule has 2 N–H and O–H groups in total. The molecule has 0 bridgehead atoms. The summed E-state index contributed by atoms with van der Waals surface area (Å²) >= 11 is 1.78. The highest BCUT2D eigenvalue weighted by Crippen LogP contribution is 2.25. The van der Waals surface area contributed by atoms with Gasteiger partial charge in [0.05, 0.1) is 5.00 Å². The average Bonchev–Trinajstić information content (AvgIpc) is 3.23. The Labute approximate surface area is 192 Å². The molecule has 29 heavy (non-hydrogen) atoms. The summed E-state index contributed by atoms with van der Waals surface area (Å²) in [6.07, 6.45) is 2.11. The third-order valence-electron chi connectivity index (χ3n) is 5.03. The molecular weight excluding hydrogens is 505 g/mol. The summed E-state index contributed by atoms with van der Waals surface area (Å²) in [5.74, 6) is -0.836. The maximum atomic E-state index is 13.5. The van der Waals surface area contributed by atoms with Gasteiger partial charge in [-0.3, -0.25) is 4.99 Å². The van der Waals surface area contributed by atoms with E-state index >= 15 is 0 Å². The molecule has 8 heteroatoms. The van der Waals surface area contributed by atoms with Crippen molar-refractivity contribution in [3.05, 3.63) is 52.9 Å². The SMILES string of the molecule is CCNC(=NCC(C)c1ccc(F)c(F)c1)NC1CCN(c2cccs2)CC1.I. The summed E-state index contributed by atoms with van der Waals surface area (Å²) in [4.78, 5) is 7.10. The van der Waals surface area contributed by atoms with Crippen LogP contribution in [0.25, 0.3) is 0 Å². The van der Waals surface area contributed by atoms with Crippen molar-refractivity contribution in [3.8, 4) is 0 Å². The van der Waals surface area contributed by atoms with Gasteiger partial charge in [-0.15, -0.1) is 35.3 Å². The van der Waals surface area contributed by atoms with Gasteiger partial charge in [-0.2, -0.15) is 0 Å². The second-order valence-electron chi connectivity index (χ2n) is 7.15.